The van der Waals surface area contributed by atoms with Crippen LogP contribution in [0, 0.1) is 0 Å². The van der Waals surface area contributed by atoms with E-state index in [-0.39, 0.29) is 6.10 Å². The zero-order valence-electron chi connectivity index (χ0n) is 12.8. The van der Waals surface area contributed by atoms with Crippen LogP contribution in [0.1, 0.15) is 37.8 Å². The highest BCUT2D eigenvalue weighted by Crippen LogP contribution is 2.23. The van der Waals surface area contributed by atoms with Gasteiger partial charge in [0.2, 0.25) is 0 Å². The van der Waals surface area contributed by atoms with E-state index in [1.165, 1.54) is 0 Å². The molecule has 2 unspecified atom stereocenters. The van der Waals surface area contributed by atoms with Gasteiger partial charge in [0.05, 0.1) is 6.10 Å². The second-order valence-corrected chi connectivity index (χ2v) is 5.09. The van der Waals surface area contributed by atoms with Crippen LogP contribution in [-0.4, -0.2) is 27.4 Å². The molecule has 4 nitrogen and oxygen atoms in total. The lowest BCUT2D eigenvalue weighted by molar-refractivity contribution is -0.0350. The number of nitrogens with zero attached hydrogens (tertiary/aromatic N) is 2. The molecular weight excluding hydrogens is 264 g/mol. The molecule has 0 saturated heterocycles. The number of aliphatic hydroxyl groups is 1. The Morgan fingerprint density at radius 3 is 2.67 bits per heavy atom. The normalized spacial score (nSPS) is 14.0. The Balaban J connectivity index is 2.11. The third-order valence-corrected chi connectivity index (χ3v) is 3.48. The highest BCUT2D eigenvalue weighted by Gasteiger charge is 2.23. The molecule has 0 fully saturated rings. The zero-order valence-corrected chi connectivity index (χ0v) is 12.8. The van der Waals surface area contributed by atoms with Crippen LogP contribution in [0.25, 0.3) is 0 Å². The number of aliphatic hydroxyl groups excluding tert-OH is 1. The van der Waals surface area contributed by atoms with Gasteiger partial charge in [0.1, 0.15) is 11.9 Å². The number of rotatable bonds is 8. The average molecular weight is 288 g/mol. The van der Waals surface area contributed by atoms with E-state index in [1.54, 1.807) is 6.20 Å². The summed E-state index contributed by atoms with van der Waals surface area (Å²) in [5.41, 5.74) is 1.00. The highest BCUT2D eigenvalue weighted by atomic mass is 16.5. The van der Waals surface area contributed by atoms with Crippen molar-refractivity contribution >= 4 is 0 Å². The number of hydrogen-bond acceptors (Lipinski definition) is 3. The van der Waals surface area contributed by atoms with Crippen molar-refractivity contribution in [2.45, 2.75) is 45.4 Å². The fraction of sp³-hybridized carbons (Fsp3) is 0.471. The summed E-state index contributed by atoms with van der Waals surface area (Å²) >= 11 is 0. The smallest absolute Gasteiger partial charge is 0.111 e. The van der Waals surface area contributed by atoms with Gasteiger partial charge in [0, 0.05) is 32.0 Å². The van der Waals surface area contributed by atoms with Crippen LogP contribution in [0.3, 0.4) is 0 Å². The second kappa shape index (κ2) is 7.96. The second-order valence-electron chi connectivity index (χ2n) is 5.09. The molecule has 21 heavy (non-hydrogen) atoms. The lowest BCUT2D eigenvalue weighted by atomic mass is 10.0. The van der Waals surface area contributed by atoms with Crippen molar-refractivity contribution in [1.29, 1.82) is 0 Å². The van der Waals surface area contributed by atoms with E-state index >= 15 is 0 Å². The number of imidazole rings is 1. The van der Waals surface area contributed by atoms with Crippen LogP contribution >= 0.6 is 0 Å². The molecule has 0 aliphatic heterocycles. The highest BCUT2D eigenvalue weighted by molar-refractivity contribution is 5.19. The van der Waals surface area contributed by atoms with Crippen molar-refractivity contribution in [3.8, 4) is 0 Å². The Morgan fingerprint density at radius 2 is 2.00 bits per heavy atom. The quantitative estimate of drug-likeness (QED) is 0.812. The molecule has 2 aromatic rings. The van der Waals surface area contributed by atoms with Crippen molar-refractivity contribution in [2.24, 2.45) is 0 Å². The Morgan fingerprint density at radius 1 is 1.24 bits per heavy atom. The third-order valence-electron chi connectivity index (χ3n) is 3.48. The predicted octanol–water partition coefficient (Wildman–Crippen LogP) is 2.97. The van der Waals surface area contributed by atoms with Crippen molar-refractivity contribution < 1.29 is 9.84 Å². The van der Waals surface area contributed by atoms with E-state index in [4.69, 9.17) is 4.74 Å². The van der Waals surface area contributed by atoms with Crippen LogP contribution < -0.4 is 0 Å². The maximum absolute atomic E-state index is 10.6. The van der Waals surface area contributed by atoms with E-state index in [9.17, 15) is 5.11 Å². The summed E-state index contributed by atoms with van der Waals surface area (Å²) in [6.07, 6.45) is 4.37. The summed E-state index contributed by atoms with van der Waals surface area (Å²) in [4.78, 5) is 4.36. The van der Waals surface area contributed by atoms with Crippen molar-refractivity contribution in [2.75, 3.05) is 6.61 Å². The molecular formula is C17H24N2O2. The molecule has 1 N–H and O–H groups in total. The largest absolute Gasteiger partial charge is 0.390 e. The molecule has 0 spiro atoms. The van der Waals surface area contributed by atoms with Crippen LogP contribution in [-0.2, 0) is 17.7 Å². The summed E-state index contributed by atoms with van der Waals surface area (Å²) < 4.78 is 7.85. The molecule has 1 heterocycles. The first-order valence-electron chi connectivity index (χ1n) is 7.60. The number of hydrogen-bond donors (Lipinski definition) is 1. The van der Waals surface area contributed by atoms with Crippen LogP contribution in [0.5, 0.6) is 0 Å². The summed E-state index contributed by atoms with van der Waals surface area (Å²) in [6.45, 7) is 5.57. The van der Waals surface area contributed by atoms with Gasteiger partial charge in [-0.3, -0.25) is 0 Å². The topological polar surface area (TPSA) is 47.3 Å². The molecule has 0 aliphatic rings. The SMILES string of the molecule is CCCn1ccnc1CC(O)C(OCC)c1ccccc1. The first kappa shape index (κ1) is 15.7. The van der Waals surface area contributed by atoms with E-state index in [2.05, 4.69) is 16.5 Å². The third kappa shape index (κ3) is 4.16. The van der Waals surface area contributed by atoms with Crippen molar-refractivity contribution in [3.05, 3.63) is 54.1 Å². The molecule has 0 saturated carbocycles. The Hall–Kier alpha value is -1.65. The lowest BCUT2D eigenvalue weighted by Crippen LogP contribution is -2.25. The summed E-state index contributed by atoms with van der Waals surface area (Å²) in [6, 6.07) is 9.87. The molecule has 0 aliphatic carbocycles. The summed E-state index contributed by atoms with van der Waals surface area (Å²) in [5.74, 6) is 0.907. The molecule has 1 aromatic heterocycles. The van der Waals surface area contributed by atoms with Crippen LogP contribution in [0.4, 0.5) is 0 Å². The number of aryl methyl sites for hydroxylation is 1. The molecule has 2 rings (SSSR count). The van der Waals surface area contributed by atoms with Gasteiger partial charge in [-0.1, -0.05) is 37.3 Å². The standard InChI is InChI=1S/C17H24N2O2/c1-3-11-19-12-10-18-16(19)13-15(20)17(21-4-2)14-8-6-5-7-9-14/h5-10,12,15,17,20H,3-4,11,13H2,1-2H3. The van der Waals surface area contributed by atoms with E-state index < -0.39 is 6.10 Å². The van der Waals surface area contributed by atoms with Gasteiger partial charge in [0.25, 0.3) is 0 Å². The fourth-order valence-electron chi connectivity index (χ4n) is 2.52. The first-order valence-corrected chi connectivity index (χ1v) is 7.60. The van der Waals surface area contributed by atoms with Crippen LogP contribution in [0.15, 0.2) is 42.7 Å². The molecule has 0 bridgehead atoms. The van der Waals surface area contributed by atoms with E-state index in [0.29, 0.717) is 13.0 Å². The first-order chi connectivity index (χ1) is 10.3. The Bertz CT molecular complexity index is 525. The minimum atomic E-state index is -0.606. The van der Waals surface area contributed by atoms with Gasteiger partial charge in [0.15, 0.2) is 0 Å². The molecule has 0 radical (unpaired) electrons. The lowest BCUT2D eigenvalue weighted by Gasteiger charge is -2.23. The van der Waals surface area contributed by atoms with E-state index in [1.807, 2.05) is 43.5 Å². The molecule has 2 atom stereocenters. The fourth-order valence-corrected chi connectivity index (χ4v) is 2.52. The maximum Gasteiger partial charge on any atom is 0.111 e. The van der Waals surface area contributed by atoms with Gasteiger partial charge >= 0.3 is 0 Å². The predicted molar refractivity (Wildman–Crippen MR) is 83.0 cm³/mol. The number of ether oxygens (including phenoxy) is 1. The minimum absolute atomic E-state index is 0.317. The maximum atomic E-state index is 10.6. The van der Waals surface area contributed by atoms with Crippen LogP contribution in [0.2, 0.25) is 0 Å². The molecule has 1 aromatic carbocycles. The zero-order chi connectivity index (χ0) is 15.1. The van der Waals surface area contributed by atoms with Crippen molar-refractivity contribution in [3.63, 3.8) is 0 Å². The van der Waals surface area contributed by atoms with Gasteiger partial charge in [-0.05, 0) is 18.9 Å². The number of benzene rings is 1. The molecule has 0 amide bonds. The van der Waals surface area contributed by atoms with Gasteiger partial charge < -0.3 is 14.4 Å². The Labute approximate surface area is 126 Å². The monoisotopic (exact) mass is 288 g/mol. The molecule has 114 valence electrons. The summed E-state index contributed by atoms with van der Waals surface area (Å²) in [7, 11) is 0. The Kier molecular flexibility index (Phi) is 5.96. The van der Waals surface area contributed by atoms with Crippen molar-refractivity contribution in [1.82, 2.24) is 9.55 Å². The number of aromatic nitrogens is 2. The summed E-state index contributed by atoms with van der Waals surface area (Å²) in [5, 5.41) is 10.6. The van der Waals surface area contributed by atoms with Gasteiger partial charge in [-0.25, -0.2) is 4.98 Å². The molecule has 4 heteroatoms. The van der Waals surface area contributed by atoms with Gasteiger partial charge in [-0.15, -0.1) is 0 Å². The average Bonchev–Trinajstić information content (AvgIpc) is 2.93. The van der Waals surface area contributed by atoms with E-state index in [0.717, 1.165) is 24.4 Å². The minimum Gasteiger partial charge on any atom is -0.390 e. The van der Waals surface area contributed by atoms with Gasteiger partial charge in [-0.2, -0.15) is 0 Å².